The second-order valence-corrected chi connectivity index (χ2v) is 4.21. The van der Waals surface area contributed by atoms with Crippen molar-refractivity contribution in [2.45, 2.75) is 32.2 Å². The third-order valence-electron chi connectivity index (χ3n) is 2.79. The molecule has 0 radical (unpaired) electrons. The van der Waals surface area contributed by atoms with E-state index in [0.717, 1.165) is 31.4 Å². The Bertz CT molecular complexity index is 355. The summed E-state index contributed by atoms with van der Waals surface area (Å²) >= 11 is 0. The van der Waals surface area contributed by atoms with E-state index in [4.69, 9.17) is 0 Å². The first kappa shape index (κ1) is 11.1. The van der Waals surface area contributed by atoms with Crippen LogP contribution in [0.2, 0.25) is 0 Å². The Kier molecular flexibility index (Phi) is 3.51. The number of hydrogen-bond donors (Lipinski definition) is 2. The van der Waals surface area contributed by atoms with Crippen molar-refractivity contribution in [1.29, 1.82) is 0 Å². The number of rotatable bonds is 2. The molecule has 0 spiro atoms. The van der Waals surface area contributed by atoms with E-state index in [9.17, 15) is 4.79 Å². The monoisotopic (exact) mass is 219 g/mol. The van der Waals surface area contributed by atoms with Crippen molar-refractivity contribution < 1.29 is 4.79 Å². The molecule has 0 aromatic carbocycles. The second kappa shape index (κ2) is 5.07. The molecule has 1 amide bonds. The number of nitrogens with zero attached hydrogens (tertiary/aromatic N) is 1. The number of pyridine rings is 1. The van der Waals surface area contributed by atoms with Crippen molar-refractivity contribution >= 4 is 11.7 Å². The molecule has 16 heavy (non-hydrogen) atoms. The highest BCUT2D eigenvalue weighted by atomic mass is 16.2. The lowest BCUT2D eigenvalue weighted by atomic mass is 10.0. The molecular formula is C12H17N3O. The summed E-state index contributed by atoms with van der Waals surface area (Å²) in [5.74, 6) is 0.652. The highest BCUT2D eigenvalue weighted by Gasteiger charge is 2.20. The van der Waals surface area contributed by atoms with Gasteiger partial charge in [0.05, 0.1) is 6.04 Å². The molecule has 2 heterocycles. The Morgan fingerprint density at radius 3 is 3.00 bits per heavy atom. The van der Waals surface area contributed by atoms with E-state index >= 15 is 0 Å². The minimum absolute atomic E-state index is 0.0241. The number of carbonyl (C=O) groups excluding carboxylic acids is 1. The molecule has 0 aliphatic carbocycles. The summed E-state index contributed by atoms with van der Waals surface area (Å²) in [4.78, 5) is 16.0. The Morgan fingerprint density at radius 2 is 2.38 bits per heavy atom. The largest absolute Gasteiger partial charge is 0.309 e. The molecule has 1 aliphatic rings. The van der Waals surface area contributed by atoms with Crippen molar-refractivity contribution in [3.05, 3.63) is 23.9 Å². The van der Waals surface area contributed by atoms with Gasteiger partial charge in [0.1, 0.15) is 5.82 Å². The zero-order valence-electron chi connectivity index (χ0n) is 9.49. The molecule has 0 unspecified atom stereocenters. The fraction of sp³-hybridized carbons (Fsp3) is 0.500. The lowest BCUT2D eigenvalue weighted by Gasteiger charge is -2.22. The normalized spacial score (nSPS) is 20.4. The number of aromatic nitrogens is 1. The first-order valence-electron chi connectivity index (χ1n) is 5.72. The summed E-state index contributed by atoms with van der Waals surface area (Å²) in [6.07, 6.45) is 4.95. The molecule has 1 atom stereocenters. The second-order valence-electron chi connectivity index (χ2n) is 4.21. The summed E-state index contributed by atoms with van der Waals surface area (Å²) in [7, 11) is 0. The van der Waals surface area contributed by atoms with E-state index < -0.39 is 0 Å². The predicted octanol–water partition coefficient (Wildman–Crippen LogP) is 1.47. The number of nitrogens with one attached hydrogen (secondary N) is 2. The molecule has 1 fully saturated rings. The Hall–Kier alpha value is -1.42. The summed E-state index contributed by atoms with van der Waals surface area (Å²) in [5.41, 5.74) is 1.09. The van der Waals surface area contributed by atoms with E-state index in [1.165, 1.54) is 0 Å². The summed E-state index contributed by atoms with van der Waals surface area (Å²) in [5, 5.41) is 6.04. The van der Waals surface area contributed by atoms with Gasteiger partial charge in [-0.05, 0) is 37.9 Å². The number of aryl methyl sites for hydroxylation is 1. The SMILES string of the molecule is Cc1ccc(NC(=O)[C@H]2CCCCN2)nc1. The molecule has 1 saturated heterocycles. The molecule has 4 heteroatoms. The molecule has 86 valence electrons. The Balaban J connectivity index is 1.93. The standard InChI is InChI=1S/C12H17N3O/c1-9-5-6-11(14-8-9)15-12(16)10-4-2-3-7-13-10/h5-6,8,10,13H,2-4,7H2,1H3,(H,14,15,16)/t10-/m1/s1. The van der Waals surface area contributed by atoms with Crippen LogP contribution >= 0.6 is 0 Å². The zero-order chi connectivity index (χ0) is 11.4. The van der Waals surface area contributed by atoms with Gasteiger partial charge in [-0.25, -0.2) is 4.98 Å². The smallest absolute Gasteiger partial charge is 0.242 e. The van der Waals surface area contributed by atoms with Gasteiger partial charge < -0.3 is 10.6 Å². The van der Waals surface area contributed by atoms with Crippen molar-refractivity contribution in [3.8, 4) is 0 Å². The van der Waals surface area contributed by atoms with Crippen molar-refractivity contribution in [3.63, 3.8) is 0 Å². The van der Waals surface area contributed by atoms with E-state index in [2.05, 4.69) is 15.6 Å². The quantitative estimate of drug-likeness (QED) is 0.792. The minimum atomic E-state index is -0.0585. The lowest BCUT2D eigenvalue weighted by Crippen LogP contribution is -2.43. The van der Waals surface area contributed by atoms with E-state index in [1.807, 2.05) is 19.1 Å². The molecule has 2 N–H and O–H groups in total. The molecule has 1 aliphatic heterocycles. The van der Waals surface area contributed by atoms with Crippen LogP contribution in [0.25, 0.3) is 0 Å². The van der Waals surface area contributed by atoms with Gasteiger partial charge in [0.25, 0.3) is 0 Å². The van der Waals surface area contributed by atoms with Gasteiger partial charge in [0.15, 0.2) is 0 Å². The average Bonchev–Trinajstić information content (AvgIpc) is 2.33. The molecule has 2 rings (SSSR count). The topological polar surface area (TPSA) is 54.0 Å². The maximum Gasteiger partial charge on any atom is 0.242 e. The maximum atomic E-state index is 11.8. The number of amides is 1. The van der Waals surface area contributed by atoms with Crippen LogP contribution in [-0.2, 0) is 4.79 Å². The van der Waals surface area contributed by atoms with E-state index in [-0.39, 0.29) is 11.9 Å². The van der Waals surface area contributed by atoms with Crippen LogP contribution in [0.5, 0.6) is 0 Å². The van der Waals surface area contributed by atoms with Crippen LogP contribution in [0.15, 0.2) is 18.3 Å². The van der Waals surface area contributed by atoms with Gasteiger partial charge in [-0.2, -0.15) is 0 Å². The Labute approximate surface area is 95.5 Å². The number of piperidine rings is 1. The van der Waals surface area contributed by atoms with Crippen molar-refractivity contribution in [2.24, 2.45) is 0 Å². The van der Waals surface area contributed by atoms with Crippen LogP contribution in [-0.4, -0.2) is 23.5 Å². The van der Waals surface area contributed by atoms with Crippen LogP contribution in [0.4, 0.5) is 5.82 Å². The molecule has 0 saturated carbocycles. The molecular weight excluding hydrogens is 202 g/mol. The highest BCUT2D eigenvalue weighted by molar-refractivity contribution is 5.94. The third kappa shape index (κ3) is 2.79. The van der Waals surface area contributed by atoms with Gasteiger partial charge in [0, 0.05) is 6.20 Å². The predicted molar refractivity (Wildman–Crippen MR) is 63.2 cm³/mol. The van der Waals surface area contributed by atoms with Gasteiger partial charge >= 0.3 is 0 Å². The summed E-state index contributed by atoms with van der Waals surface area (Å²) < 4.78 is 0. The van der Waals surface area contributed by atoms with Crippen molar-refractivity contribution in [2.75, 3.05) is 11.9 Å². The van der Waals surface area contributed by atoms with Crippen molar-refractivity contribution in [1.82, 2.24) is 10.3 Å². The van der Waals surface area contributed by atoms with Crippen LogP contribution < -0.4 is 10.6 Å². The third-order valence-corrected chi connectivity index (χ3v) is 2.79. The molecule has 0 bridgehead atoms. The molecule has 1 aromatic rings. The summed E-state index contributed by atoms with van der Waals surface area (Å²) in [6, 6.07) is 3.71. The van der Waals surface area contributed by atoms with Crippen LogP contribution in [0, 0.1) is 6.92 Å². The number of carbonyl (C=O) groups is 1. The fourth-order valence-corrected chi connectivity index (χ4v) is 1.83. The first-order valence-corrected chi connectivity index (χ1v) is 5.72. The highest BCUT2D eigenvalue weighted by Crippen LogP contribution is 2.10. The van der Waals surface area contributed by atoms with Gasteiger partial charge in [-0.3, -0.25) is 4.79 Å². The molecule has 4 nitrogen and oxygen atoms in total. The van der Waals surface area contributed by atoms with Gasteiger partial charge in [0.2, 0.25) is 5.91 Å². The minimum Gasteiger partial charge on any atom is -0.309 e. The van der Waals surface area contributed by atoms with Gasteiger partial charge in [-0.1, -0.05) is 12.5 Å². The first-order chi connectivity index (χ1) is 7.75. The van der Waals surface area contributed by atoms with Crippen LogP contribution in [0.1, 0.15) is 24.8 Å². The summed E-state index contributed by atoms with van der Waals surface area (Å²) in [6.45, 7) is 2.90. The maximum absolute atomic E-state index is 11.8. The van der Waals surface area contributed by atoms with E-state index in [1.54, 1.807) is 6.20 Å². The zero-order valence-corrected chi connectivity index (χ0v) is 9.49. The average molecular weight is 219 g/mol. The number of anilines is 1. The number of hydrogen-bond acceptors (Lipinski definition) is 3. The van der Waals surface area contributed by atoms with Crippen LogP contribution in [0.3, 0.4) is 0 Å². The lowest BCUT2D eigenvalue weighted by molar-refractivity contribution is -0.118. The Morgan fingerprint density at radius 1 is 1.50 bits per heavy atom. The molecule has 1 aromatic heterocycles. The van der Waals surface area contributed by atoms with E-state index in [0.29, 0.717) is 5.82 Å². The fourth-order valence-electron chi connectivity index (χ4n) is 1.83. The van der Waals surface area contributed by atoms with Gasteiger partial charge in [-0.15, -0.1) is 0 Å².